The lowest BCUT2D eigenvalue weighted by molar-refractivity contribution is -0.172. The molecule has 0 aromatic rings. The fourth-order valence-corrected chi connectivity index (χ4v) is 2.86. The molecule has 0 amide bonds. The van der Waals surface area contributed by atoms with E-state index in [9.17, 15) is 5.11 Å². The molecule has 2 rings (SSSR count). The van der Waals surface area contributed by atoms with Crippen LogP contribution in [0.4, 0.5) is 0 Å². The second-order valence-electron chi connectivity index (χ2n) is 5.09. The Morgan fingerprint density at radius 3 is 2.47 bits per heavy atom. The van der Waals surface area contributed by atoms with Gasteiger partial charge in [0, 0.05) is 11.5 Å². The van der Waals surface area contributed by atoms with Gasteiger partial charge in [-0.2, -0.15) is 0 Å². The van der Waals surface area contributed by atoms with E-state index in [2.05, 4.69) is 11.9 Å². The Labute approximate surface area is 91.4 Å². The van der Waals surface area contributed by atoms with Crippen LogP contribution in [0, 0.1) is 11.3 Å². The van der Waals surface area contributed by atoms with E-state index in [0.29, 0.717) is 5.92 Å². The Morgan fingerprint density at radius 2 is 2.07 bits per heavy atom. The molecular weight excluding hydrogens is 192 g/mol. The highest BCUT2D eigenvalue weighted by Crippen LogP contribution is 2.43. The second-order valence-corrected chi connectivity index (χ2v) is 5.09. The Kier molecular flexibility index (Phi) is 3.30. The van der Waals surface area contributed by atoms with E-state index < -0.39 is 0 Å². The van der Waals surface area contributed by atoms with Gasteiger partial charge < -0.3 is 20.5 Å². The van der Waals surface area contributed by atoms with Crippen LogP contribution >= 0.6 is 0 Å². The first-order valence-electron chi connectivity index (χ1n) is 5.82. The number of piperidine rings is 1. The summed E-state index contributed by atoms with van der Waals surface area (Å²) in [5, 5.41) is 9.23. The Morgan fingerprint density at radius 1 is 1.47 bits per heavy atom. The SMILES string of the molecule is CN1CCC(C2(C(N)CO)COC2)CC1. The van der Waals surface area contributed by atoms with Crippen LogP contribution in [0.5, 0.6) is 0 Å². The second kappa shape index (κ2) is 4.37. The summed E-state index contributed by atoms with van der Waals surface area (Å²) in [6.07, 6.45) is 2.38. The molecule has 4 heteroatoms. The van der Waals surface area contributed by atoms with Crippen molar-refractivity contribution in [3.05, 3.63) is 0 Å². The molecule has 3 N–H and O–H groups in total. The predicted octanol–water partition coefficient (Wildman–Crippen LogP) is -0.336. The summed E-state index contributed by atoms with van der Waals surface area (Å²) >= 11 is 0. The minimum Gasteiger partial charge on any atom is -0.395 e. The molecule has 2 aliphatic heterocycles. The zero-order valence-electron chi connectivity index (χ0n) is 9.48. The van der Waals surface area contributed by atoms with Crippen LogP contribution < -0.4 is 5.73 Å². The summed E-state index contributed by atoms with van der Waals surface area (Å²) in [6.45, 7) is 3.84. The molecule has 0 aromatic heterocycles. The van der Waals surface area contributed by atoms with Crippen LogP contribution in [0.25, 0.3) is 0 Å². The molecule has 0 radical (unpaired) electrons. The van der Waals surface area contributed by atoms with Gasteiger partial charge in [0.15, 0.2) is 0 Å². The molecule has 1 unspecified atom stereocenters. The predicted molar refractivity (Wildman–Crippen MR) is 58.5 cm³/mol. The molecule has 88 valence electrons. The molecule has 0 aromatic carbocycles. The number of aliphatic hydroxyl groups is 1. The van der Waals surface area contributed by atoms with Gasteiger partial charge in [0.25, 0.3) is 0 Å². The van der Waals surface area contributed by atoms with E-state index in [-0.39, 0.29) is 18.1 Å². The molecule has 2 heterocycles. The Bertz CT molecular complexity index is 211. The number of rotatable bonds is 3. The quantitative estimate of drug-likeness (QED) is 0.675. The maximum atomic E-state index is 9.23. The third kappa shape index (κ3) is 1.91. The summed E-state index contributed by atoms with van der Waals surface area (Å²) in [5.41, 5.74) is 6.10. The highest BCUT2D eigenvalue weighted by molar-refractivity contribution is 5.00. The molecule has 2 aliphatic rings. The monoisotopic (exact) mass is 214 g/mol. The van der Waals surface area contributed by atoms with Crippen molar-refractivity contribution >= 4 is 0 Å². The van der Waals surface area contributed by atoms with Gasteiger partial charge in [0.05, 0.1) is 19.8 Å². The number of likely N-dealkylation sites (tertiary alicyclic amines) is 1. The van der Waals surface area contributed by atoms with E-state index in [4.69, 9.17) is 10.5 Å². The third-order valence-electron chi connectivity index (χ3n) is 4.21. The van der Waals surface area contributed by atoms with Crippen molar-refractivity contribution in [2.75, 3.05) is 40.0 Å². The van der Waals surface area contributed by atoms with Gasteiger partial charge in [-0.1, -0.05) is 0 Å². The minimum atomic E-state index is -0.111. The zero-order valence-corrected chi connectivity index (χ0v) is 9.48. The van der Waals surface area contributed by atoms with Crippen LogP contribution in [0.2, 0.25) is 0 Å². The van der Waals surface area contributed by atoms with Gasteiger partial charge in [-0.15, -0.1) is 0 Å². The van der Waals surface area contributed by atoms with Crippen LogP contribution in [0.3, 0.4) is 0 Å². The molecule has 1 atom stereocenters. The topological polar surface area (TPSA) is 58.7 Å². The maximum absolute atomic E-state index is 9.23. The summed E-state index contributed by atoms with van der Waals surface area (Å²) in [5.74, 6) is 0.629. The molecule has 0 saturated carbocycles. The molecular formula is C11H22N2O2. The number of nitrogens with zero attached hydrogens (tertiary/aromatic N) is 1. The molecule has 15 heavy (non-hydrogen) atoms. The maximum Gasteiger partial charge on any atom is 0.0589 e. The molecule has 4 nitrogen and oxygen atoms in total. The van der Waals surface area contributed by atoms with E-state index >= 15 is 0 Å². The smallest absolute Gasteiger partial charge is 0.0589 e. The highest BCUT2D eigenvalue weighted by Gasteiger charge is 2.50. The third-order valence-corrected chi connectivity index (χ3v) is 4.21. The van der Waals surface area contributed by atoms with Gasteiger partial charge in [-0.3, -0.25) is 0 Å². The normalized spacial score (nSPS) is 29.8. The Hall–Kier alpha value is -0.160. The van der Waals surface area contributed by atoms with E-state index in [0.717, 1.165) is 26.3 Å². The van der Waals surface area contributed by atoms with Crippen molar-refractivity contribution < 1.29 is 9.84 Å². The van der Waals surface area contributed by atoms with Gasteiger partial charge in [0.1, 0.15) is 0 Å². The first-order chi connectivity index (χ1) is 7.19. The summed E-state index contributed by atoms with van der Waals surface area (Å²) in [6, 6.07) is -0.111. The summed E-state index contributed by atoms with van der Waals surface area (Å²) in [7, 11) is 2.16. The van der Waals surface area contributed by atoms with Crippen molar-refractivity contribution in [1.29, 1.82) is 0 Å². The molecule has 0 spiro atoms. The lowest BCUT2D eigenvalue weighted by Crippen LogP contribution is -2.62. The van der Waals surface area contributed by atoms with Gasteiger partial charge in [-0.05, 0) is 38.9 Å². The highest BCUT2D eigenvalue weighted by atomic mass is 16.5. The van der Waals surface area contributed by atoms with Crippen molar-refractivity contribution in [2.24, 2.45) is 17.1 Å². The number of aliphatic hydroxyl groups excluding tert-OH is 1. The average molecular weight is 214 g/mol. The molecule has 0 aliphatic carbocycles. The van der Waals surface area contributed by atoms with E-state index in [1.54, 1.807) is 0 Å². The van der Waals surface area contributed by atoms with Crippen molar-refractivity contribution in [3.63, 3.8) is 0 Å². The van der Waals surface area contributed by atoms with Crippen molar-refractivity contribution in [2.45, 2.75) is 18.9 Å². The number of hydrogen-bond donors (Lipinski definition) is 2. The van der Waals surface area contributed by atoms with Crippen LogP contribution in [-0.4, -0.2) is 56.0 Å². The summed E-state index contributed by atoms with van der Waals surface area (Å²) in [4.78, 5) is 2.36. The summed E-state index contributed by atoms with van der Waals surface area (Å²) < 4.78 is 5.34. The standard InChI is InChI=1S/C11H22N2O2/c1-13-4-2-9(3-5-13)11(7-15-8-11)10(12)6-14/h9-10,14H,2-8,12H2,1H3. The molecule has 0 bridgehead atoms. The lowest BCUT2D eigenvalue weighted by Gasteiger charge is -2.52. The largest absolute Gasteiger partial charge is 0.395 e. The van der Waals surface area contributed by atoms with E-state index in [1.807, 2.05) is 0 Å². The van der Waals surface area contributed by atoms with E-state index in [1.165, 1.54) is 12.8 Å². The number of nitrogens with two attached hydrogens (primary N) is 1. The molecule has 2 saturated heterocycles. The van der Waals surface area contributed by atoms with Crippen LogP contribution in [-0.2, 0) is 4.74 Å². The fourth-order valence-electron chi connectivity index (χ4n) is 2.86. The number of hydrogen-bond acceptors (Lipinski definition) is 4. The van der Waals surface area contributed by atoms with Gasteiger partial charge in [0.2, 0.25) is 0 Å². The van der Waals surface area contributed by atoms with Crippen molar-refractivity contribution in [3.8, 4) is 0 Å². The van der Waals surface area contributed by atoms with Gasteiger partial charge in [-0.25, -0.2) is 0 Å². The first kappa shape index (κ1) is 11.3. The van der Waals surface area contributed by atoms with Crippen molar-refractivity contribution in [1.82, 2.24) is 4.90 Å². The minimum absolute atomic E-state index is 0.0655. The average Bonchev–Trinajstić information content (AvgIpc) is 2.19. The molecule has 2 fully saturated rings. The lowest BCUT2D eigenvalue weighted by atomic mass is 9.65. The van der Waals surface area contributed by atoms with Crippen LogP contribution in [0.1, 0.15) is 12.8 Å². The van der Waals surface area contributed by atoms with Crippen LogP contribution in [0.15, 0.2) is 0 Å². The van der Waals surface area contributed by atoms with Gasteiger partial charge >= 0.3 is 0 Å². The Balaban J connectivity index is 2.00. The first-order valence-corrected chi connectivity index (χ1v) is 5.82. The fraction of sp³-hybridized carbons (Fsp3) is 1.00. The number of ether oxygens (including phenoxy) is 1. The zero-order chi connectivity index (χ0) is 10.9.